The molecular formula is C26H12S6. The van der Waals surface area contributed by atoms with Crippen LogP contribution in [0.15, 0.2) is 71.4 Å². The van der Waals surface area contributed by atoms with Crippen LogP contribution < -0.4 is 0 Å². The number of hydrogen-bond donors (Lipinski definition) is 0. The summed E-state index contributed by atoms with van der Waals surface area (Å²) < 4.78 is 8.49. The van der Waals surface area contributed by atoms with Crippen molar-refractivity contribution < 1.29 is 0 Å². The summed E-state index contributed by atoms with van der Waals surface area (Å²) in [7, 11) is 0. The van der Waals surface area contributed by atoms with Gasteiger partial charge in [-0.3, -0.25) is 0 Å². The molecule has 0 nitrogen and oxygen atoms in total. The molecular weight excluding hydrogens is 505 g/mol. The summed E-state index contributed by atoms with van der Waals surface area (Å²) in [6.45, 7) is 0. The molecule has 0 fully saturated rings. The Morgan fingerprint density at radius 2 is 0.812 bits per heavy atom. The van der Waals surface area contributed by atoms with Crippen LogP contribution in [0.5, 0.6) is 0 Å². The zero-order valence-electron chi connectivity index (χ0n) is 16.4. The van der Waals surface area contributed by atoms with E-state index in [4.69, 9.17) is 0 Å². The largest absolute Gasteiger partial charge is 0.142 e. The van der Waals surface area contributed by atoms with Crippen LogP contribution in [0.25, 0.3) is 69.3 Å². The molecule has 0 aliphatic rings. The zero-order chi connectivity index (χ0) is 20.8. The lowest BCUT2D eigenvalue weighted by atomic mass is 10.2. The second kappa shape index (κ2) is 6.73. The zero-order valence-corrected chi connectivity index (χ0v) is 21.3. The predicted molar refractivity (Wildman–Crippen MR) is 152 cm³/mol. The van der Waals surface area contributed by atoms with Crippen molar-refractivity contribution in [2.75, 3.05) is 0 Å². The first kappa shape index (κ1) is 18.4. The number of hydrogen-bond acceptors (Lipinski definition) is 6. The second-order valence-electron chi connectivity index (χ2n) is 7.82. The summed E-state index contributed by atoms with van der Waals surface area (Å²) in [6, 6.07) is 23.0. The molecule has 2 aromatic carbocycles. The third-order valence-corrected chi connectivity index (χ3v) is 13.1. The Balaban J connectivity index is 1.23. The van der Waals surface area contributed by atoms with E-state index in [1.54, 1.807) is 0 Å². The third-order valence-electron chi connectivity index (χ3n) is 5.90. The maximum atomic E-state index is 2.40. The molecule has 0 saturated carbocycles. The second-order valence-corrected chi connectivity index (χ2v) is 13.9. The van der Waals surface area contributed by atoms with E-state index >= 15 is 0 Å². The Kier molecular flexibility index (Phi) is 3.86. The molecule has 6 heteroatoms. The molecule has 0 aliphatic heterocycles. The van der Waals surface area contributed by atoms with Crippen molar-refractivity contribution in [2.45, 2.75) is 0 Å². The minimum Gasteiger partial charge on any atom is -0.142 e. The van der Waals surface area contributed by atoms with Crippen molar-refractivity contribution in [2.24, 2.45) is 0 Å². The lowest BCUT2D eigenvalue weighted by Crippen LogP contribution is -1.62. The molecule has 0 amide bonds. The lowest BCUT2D eigenvalue weighted by Gasteiger charge is -1.91. The lowest BCUT2D eigenvalue weighted by molar-refractivity contribution is 1.96. The average Bonchev–Trinajstić information content (AvgIpc) is 3.60. The SMILES string of the molecule is c1cc2ccc3cc(-c4cc5sc(-c6cc7ccc8ccsc8c7s6)cc5s4)sc3c2s1. The summed E-state index contributed by atoms with van der Waals surface area (Å²) in [5.41, 5.74) is 0. The van der Waals surface area contributed by atoms with E-state index < -0.39 is 0 Å². The highest BCUT2D eigenvalue weighted by molar-refractivity contribution is 7.35. The van der Waals surface area contributed by atoms with E-state index in [1.807, 2.05) is 68.0 Å². The molecule has 8 rings (SSSR count). The van der Waals surface area contributed by atoms with Crippen LogP contribution in [-0.2, 0) is 0 Å². The summed E-state index contributed by atoms with van der Waals surface area (Å²) in [4.78, 5) is 5.55. The molecule has 0 saturated heterocycles. The summed E-state index contributed by atoms with van der Waals surface area (Å²) in [5, 5.41) is 9.84. The predicted octanol–water partition coefficient (Wildman–Crippen LogP) is 11.2. The van der Waals surface area contributed by atoms with Crippen LogP contribution in [0.2, 0.25) is 0 Å². The first-order valence-electron chi connectivity index (χ1n) is 10.1. The Hall–Kier alpha value is -2.06. The van der Waals surface area contributed by atoms with Gasteiger partial charge in [-0.05, 0) is 68.7 Å². The fraction of sp³-hybridized carbons (Fsp3) is 0. The molecule has 0 unspecified atom stereocenters. The van der Waals surface area contributed by atoms with Gasteiger partial charge in [0.1, 0.15) is 0 Å². The fourth-order valence-electron chi connectivity index (χ4n) is 4.36. The highest BCUT2D eigenvalue weighted by Gasteiger charge is 2.15. The smallest absolute Gasteiger partial charge is 0.0527 e. The highest BCUT2D eigenvalue weighted by Crippen LogP contribution is 2.48. The number of fused-ring (bicyclic) bond motifs is 7. The van der Waals surface area contributed by atoms with Crippen molar-refractivity contribution >= 4 is 118 Å². The molecule has 0 atom stereocenters. The van der Waals surface area contributed by atoms with Gasteiger partial charge < -0.3 is 0 Å². The maximum Gasteiger partial charge on any atom is 0.0527 e. The van der Waals surface area contributed by atoms with Gasteiger partial charge in [-0.1, -0.05) is 24.3 Å². The molecule has 8 aromatic rings. The number of thiophene rings is 6. The summed E-state index contributed by atoms with van der Waals surface area (Å²) in [5.74, 6) is 0. The fourth-order valence-corrected chi connectivity index (χ4v) is 11.4. The van der Waals surface area contributed by atoms with Crippen LogP contribution >= 0.6 is 68.0 Å². The van der Waals surface area contributed by atoms with E-state index in [2.05, 4.69) is 71.4 Å². The van der Waals surface area contributed by atoms with Crippen LogP contribution in [0.4, 0.5) is 0 Å². The van der Waals surface area contributed by atoms with E-state index in [1.165, 1.54) is 69.3 Å². The van der Waals surface area contributed by atoms with Crippen molar-refractivity contribution in [1.29, 1.82) is 0 Å². The molecule has 152 valence electrons. The Morgan fingerprint density at radius 1 is 0.375 bits per heavy atom. The molecule has 6 heterocycles. The molecule has 0 spiro atoms. The molecule has 6 aromatic heterocycles. The third kappa shape index (κ3) is 2.62. The van der Waals surface area contributed by atoms with Gasteiger partial charge in [-0.2, -0.15) is 0 Å². The van der Waals surface area contributed by atoms with Crippen LogP contribution in [0, 0.1) is 0 Å². The first-order chi connectivity index (χ1) is 15.8. The van der Waals surface area contributed by atoms with Crippen LogP contribution in [0.3, 0.4) is 0 Å². The topological polar surface area (TPSA) is 0 Å². The van der Waals surface area contributed by atoms with Gasteiger partial charge in [0.25, 0.3) is 0 Å². The van der Waals surface area contributed by atoms with Gasteiger partial charge in [0.05, 0.1) is 18.8 Å². The number of benzene rings is 2. The summed E-state index contributed by atoms with van der Waals surface area (Å²) >= 11 is 11.4. The quantitative estimate of drug-likeness (QED) is 0.214. The van der Waals surface area contributed by atoms with Gasteiger partial charge in [-0.25, -0.2) is 0 Å². The Bertz CT molecular complexity index is 1770. The maximum absolute atomic E-state index is 2.40. The van der Waals surface area contributed by atoms with Crippen molar-refractivity contribution in [3.63, 3.8) is 0 Å². The minimum absolute atomic E-state index is 1.36. The van der Waals surface area contributed by atoms with Crippen LogP contribution in [0.1, 0.15) is 0 Å². The Morgan fingerprint density at radius 3 is 1.31 bits per heavy atom. The summed E-state index contributed by atoms with van der Waals surface area (Å²) in [6.07, 6.45) is 0. The molecule has 0 N–H and O–H groups in total. The standard InChI is InChI=1S/C26H12S6/c1-3-15-9-17(31-25(15)23-13(1)5-7-27-23)19-11-21-22(29-19)12-20(30-21)18-10-16-4-2-14-6-8-28-24(14)26(16)32-18/h1-12H. The van der Waals surface area contributed by atoms with E-state index in [0.717, 1.165) is 0 Å². The molecule has 0 radical (unpaired) electrons. The van der Waals surface area contributed by atoms with Crippen molar-refractivity contribution in [3.05, 3.63) is 71.4 Å². The minimum atomic E-state index is 1.36. The average molecular weight is 517 g/mol. The first-order valence-corrected chi connectivity index (χ1v) is 15.2. The highest BCUT2D eigenvalue weighted by atomic mass is 32.1. The van der Waals surface area contributed by atoms with Gasteiger partial charge in [0.15, 0.2) is 0 Å². The molecule has 32 heavy (non-hydrogen) atoms. The van der Waals surface area contributed by atoms with E-state index in [9.17, 15) is 0 Å². The van der Waals surface area contributed by atoms with Gasteiger partial charge >= 0.3 is 0 Å². The van der Waals surface area contributed by atoms with Gasteiger partial charge in [0, 0.05) is 28.9 Å². The van der Waals surface area contributed by atoms with Gasteiger partial charge in [-0.15, -0.1) is 68.0 Å². The van der Waals surface area contributed by atoms with Crippen molar-refractivity contribution in [1.82, 2.24) is 0 Å². The van der Waals surface area contributed by atoms with E-state index in [-0.39, 0.29) is 0 Å². The monoisotopic (exact) mass is 516 g/mol. The molecule has 0 bridgehead atoms. The number of rotatable bonds is 2. The van der Waals surface area contributed by atoms with E-state index in [0.29, 0.717) is 0 Å². The normalized spacial score (nSPS) is 12.4. The van der Waals surface area contributed by atoms with Crippen LogP contribution in [-0.4, -0.2) is 0 Å². The van der Waals surface area contributed by atoms with Gasteiger partial charge in [0.2, 0.25) is 0 Å². The Labute approximate surface area is 207 Å². The van der Waals surface area contributed by atoms with Crippen molar-refractivity contribution in [3.8, 4) is 19.5 Å². The molecule has 0 aliphatic carbocycles.